The summed E-state index contributed by atoms with van der Waals surface area (Å²) in [5.74, 6) is 2.07. The standard InChI is InChI=1S/C18H20N4O3/c1-24-16-11-12(25-21-16)8-9-17(23)22-10-4-7-15(22)18-19-13-5-2-3-6-14(13)20-18/h2-3,5-6,11,15H,4,7-10H2,1H3,(H,19,20)/t15-/m1/s1. The van der Waals surface area contributed by atoms with E-state index in [4.69, 9.17) is 9.26 Å². The van der Waals surface area contributed by atoms with Gasteiger partial charge in [0.05, 0.1) is 24.2 Å². The van der Waals surface area contributed by atoms with E-state index >= 15 is 0 Å². The number of aryl methyl sites for hydroxylation is 1. The Morgan fingerprint density at radius 2 is 2.32 bits per heavy atom. The smallest absolute Gasteiger partial charge is 0.254 e. The molecule has 1 aromatic carbocycles. The zero-order chi connectivity index (χ0) is 17.2. The number of aromatic nitrogens is 3. The fraction of sp³-hybridized carbons (Fsp3) is 0.389. The molecule has 3 aromatic rings. The molecule has 1 saturated heterocycles. The van der Waals surface area contributed by atoms with Gasteiger partial charge in [0, 0.05) is 25.5 Å². The molecule has 0 spiro atoms. The van der Waals surface area contributed by atoms with E-state index in [1.807, 2.05) is 29.2 Å². The number of aromatic amines is 1. The summed E-state index contributed by atoms with van der Waals surface area (Å²) in [6, 6.07) is 9.67. The van der Waals surface area contributed by atoms with Crippen LogP contribution in [0, 0.1) is 0 Å². The Morgan fingerprint density at radius 1 is 1.44 bits per heavy atom. The van der Waals surface area contributed by atoms with Gasteiger partial charge in [0.15, 0.2) is 0 Å². The van der Waals surface area contributed by atoms with Gasteiger partial charge in [0.2, 0.25) is 5.91 Å². The first kappa shape index (κ1) is 15.7. The highest BCUT2D eigenvalue weighted by atomic mass is 16.5. The summed E-state index contributed by atoms with van der Waals surface area (Å²) in [4.78, 5) is 22.6. The van der Waals surface area contributed by atoms with Crippen molar-refractivity contribution in [1.29, 1.82) is 0 Å². The van der Waals surface area contributed by atoms with Crippen LogP contribution in [-0.4, -0.2) is 39.6 Å². The van der Waals surface area contributed by atoms with E-state index in [1.54, 1.807) is 6.07 Å². The average molecular weight is 340 g/mol. The van der Waals surface area contributed by atoms with Crippen LogP contribution in [0.5, 0.6) is 5.88 Å². The van der Waals surface area contributed by atoms with Gasteiger partial charge in [-0.25, -0.2) is 4.98 Å². The number of imidazole rings is 1. The number of hydrogen-bond acceptors (Lipinski definition) is 5. The van der Waals surface area contributed by atoms with Crippen LogP contribution in [0.2, 0.25) is 0 Å². The highest BCUT2D eigenvalue weighted by molar-refractivity contribution is 5.78. The number of hydrogen-bond donors (Lipinski definition) is 1. The highest BCUT2D eigenvalue weighted by Crippen LogP contribution is 2.32. The monoisotopic (exact) mass is 340 g/mol. The Kier molecular flexibility index (Phi) is 4.13. The molecule has 0 saturated carbocycles. The van der Waals surface area contributed by atoms with Gasteiger partial charge < -0.3 is 19.1 Å². The molecule has 1 atom stereocenters. The van der Waals surface area contributed by atoms with Gasteiger partial charge >= 0.3 is 0 Å². The normalized spacial score (nSPS) is 17.3. The van der Waals surface area contributed by atoms with E-state index in [-0.39, 0.29) is 11.9 Å². The fourth-order valence-corrected chi connectivity index (χ4v) is 3.36. The Balaban J connectivity index is 1.45. The zero-order valence-electron chi connectivity index (χ0n) is 14.1. The number of carbonyl (C=O) groups is 1. The second kappa shape index (κ2) is 6.58. The third kappa shape index (κ3) is 3.09. The first-order chi connectivity index (χ1) is 12.2. The molecule has 0 aliphatic carbocycles. The Morgan fingerprint density at radius 3 is 3.12 bits per heavy atom. The lowest BCUT2D eigenvalue weighted by atomic mass is 10.2. The third-order valence-corrected chi connectivity index (χ3v) is 4.63. The molecule has 3 heterocycles. The number of fused-ring (bicyclic) bond motifs is 1. The molecular formula is C18H20N4O3. The predicted molar refractivity (Wildman–Crippen MR) is 91.2 cm³/mol. The topological polar surface area (TPSA) is 84.2 Å². The van der Waals surface area contributed by atoms with Gasteiger partial charge in [-0.15, -0.1) is 0 Å². The van der Waals surface area contributed by atoms with E-state index in [0.29, 0.717) is 24.5 Å². The molecule has 1 aliphatic heterocycles. The van der Waals surface area contributed by atoms with Crippen LogP contribution in [0.15, 0.2) is 34.9 Å². The van der Waals surface area contributed by atoms with E-state index in [9.17, 15) is 4.79 Å². The van der Waals surface area contributed by atoms with Gasteiger partial charge in [0.25, 0.3) is 5.88 Å². The summed E-state index contributed by atoms with van der Waals surface area (Å²) >= 11 is 0. The summed E-state index contributed by atoms with van der Waals surface area (Å²) in [6.45, 7) is 0.764. The van der Waals surface area contributed by atoms with Crippen LogP contribution in [0.25, 0.3) is 11.0 Å². The molecule has 1 amide bonds. The Hall–Kier alpha value is -2.83. The second-order valence-corrected chi connectivity index (χ2v) is 6.22. The minimum absolute atomic E-state index is 0.0177. The summed E-state index contributed by atoms with van der Waals surface area (Å²) in [5.41, 5.74) is 1.94. The number of ether oxygens (including phenoxy) is 1. The maximum atomic E-state index is 12.7. The second-order valence-electron chi connectivity index (χ2n) is 6.22. The fourth-order valence-electron chi connectivity index (χ4n) is 3.36. The molecule has 1 aliphatic rings. The average Bonchev–Trinajstić information content (AvgIpc) is 3.37. The first-order valence-corrected chi connectivity index (χ1v) is 8.48. The van der Waals surface area contributed by atoms with Crippen molar-refractivity contribution in [3.8, 4) is 5.88 Å². The minimum Gasteiger partial charge on any atom is -0.479 e. The van der Waals surface area contributed by atoms with Crippen molar-refractivity contribution in [1.82, 2.24) is 20.0 Å². The number of methoxy groups -OCH3 is 1. The Labute approximate surface area is 145 Å². The van der Waals surface area contributed by atoms with Gasteiger partial charge in [-0.1, -0.05) is 12.1 Å². The number of likely N-dealkylation sites (tertiary alicyclic amines) is 1. The number of para-hydroxylation sites is 2. The number of rotatable bonds is 5. The SMILES string of the molecule is COc1cc(CCC(=O)N2CCC[C@@H]2c2nc3ccccc3[nH]2)on1. The number of amides is 1. The van der Waals surface area contributed by atoms with E-state index in [1.165, 1.54) is 7.11 Å². The van der Waals surface area contributed by atoms with Gasteiger partial charge in [-0.2, -0.15) is 0 Å². The van der Waals surface area contributed by atoms with Crippen LogP contribution in [0.1, 0.15) is 36.9 Å². The maximum absolute atomic E-state index is 12.7. The molecule has 2 aromatic heterocycles. The molecule has 0 bridgehead atoms. The summed E-state index contributed by atoms with van der Waals surface area (Å²) in [5, 5.41) is 3.76. The predicted octanol–water partition coefficient (Wildman–Crippen LogP) is 2.86. The quantitative estimate of drug-likeness (QED) is 0.772. The van der Waals surface area contributed by atoms with E-state index < -0.39 is 0 Å². The molecular weight excluding hydrogens is 320 g/mol. The molecule has 25 heavy (non-hydrogen) atoms. The van der Waals surface area contributed by atoms with Crippen LogP contribution < -0.4 is 4.74 Å². The Bertz CT molecular complexity index is 852. The summed E-state index contributed by atoms with van der Waals surface area (Å²) < 4.78 is 10.1. The first-order valence-electron chi connectivity index (χ1n) is 8.48. The molecule has 0 unspecified atom stereocenters. The summed E-state index contributed by atoms with van der Waals surface area (Å²) in [7, 11) is 1.54. The van der Waals surface area contributed by atoms with Crippen molar-refractivity contribution in [2.75, 3.05) is 13.7 Å². The van der Waals surface area contributed by atoms with Crippen LogP contribution in [-0.2, 0) is 11.2 Å². The maximum Gasteiger partial charge on any atom is 0.254 e. The van der Waals surface area contributed by atoms with Crippen molar-refractivity contribution in [2.45, 2.75) is 31.7 Å². The lowest BCUT2D eigenvalue weighted by Gasteiger charge is -2.23. The van der Waals surface area contributed by atoms with Gasteiger partial charge in [-0.3, -0.25) is 4.79 Å². The van der Waals surface area contributed by atoms with Crippen molar-refractivity contribution in [3.05, 3.63) is 41.9 Å². The molecule has 7 heteroatoms. The van der Waals surface area contributed by atoms with Gasteiger partial charge in [0.1, 0.15) is 11.6 Å². The van der Waals surface area contributed by atoms with Crippen molar-refractivity contribution in [2.24, 2.45) is 0 Å². The van der Waals surface area contributed by atoms with Crippen LogP contribution in [0.4, 0.5) is 0 Å². The number of nitrogens with one attached hydrogen (secondary N) is 1. The van der Waals surface area contributed by atoms with Gasteiger partial charge in [-0.05, 0) is 30.1 Å². The van der Waals surface area contributed by atoms with Crippen molar-refractivity contribution < 1.29 is 14.1 Å². The lowest BCUT2D eigenvalue weighted by molar-refractivity contribution is -0.132. The molecule has 0 radical (unpaired) electrons. The van der Waals surface area contributed by atoms with Crippen LogP contribution in [0.3, 0.4) is 0 Å². The molecule has 7 nitrogen and oxygen atoms in total. The lowest BCUT2D eigenvalue weighted by Crippen LogP contribution is -2.31. The van der Waals surface area contributed by atoms with E-state index in [2.05, 4.69) is 15.1 Å². The third-order valence-electron chi connectivity index (χ3n) is 4.63. The number of nitrogens with zero attached hydrogens (tertiary/aromatic N) is 3. The minimum atomic E-state index is 0.0177. The number of benzene rings is 1. The molecule has 1 fully saturated rings. The highest BCUT2D eigenvalue weighted by Gasteiger charge is 2.31. The largest absolute Gasteiger partial charge is 0.479 e. The van der Waals surface area contributed by atoms with Crippen LogP contribution >= 0.6 is 0 Å². The zero-order valence-corrected chi connectivity index (χ0v) is 14.1. The van der Waals surface area contributed by atoms with Crippen molar-refractivity contribution >= 4 is 16.9 Å². The molecule has 4 rings (SSSR count). The number of carbonyl (C=O) groups excluding carboxylic acids is 1. The number of H-pyrrole nitrogens is 1. The molecule has 130 valence electrons. The van der Waals surface area contributed by atoms with Crippen molar-refractivity contribution in [3.63, 3.8) is 0 Å². The van der Waals surface area contributed by atoms with E-state index in [0.717, 1.165) is 36.2 Å². The molecule has 1 N–H and O–H groups in total. The summed E-state index contributed by atoms with van der Waals surface area (Å²) in [6.07, 6.45) is 2.82.